The molecule has 0 radical (unpaired) electrons. The van der Waals surface area contributed by atoms with Gasteiger partial charge in [0.15, 0.2) is 6.61 Å². The van der Waals surface area contributed by atoms with Crippen molar-refractivity contribution in [3.05, 3.63) is 76.0 Å². The summed E-state index contributed by atoms with van der Waals surface area (Å²) in [6, 6.07) is 13.4. The number of nitrogens with one attached hydrogen (secondary N) is 1. The second-order valence-electron chi connectivity index (χ2n) is 8.88. The van der Waals surface area contributed by atoms with Crippen LogP contribution in [-0.4, -0.2) is 78.5 Å². The minimum atomic E-state index is -2.61. The van der Waals surface area contributed by atoms with E-state index in [0.29, 0.717) is 37.4 Å². The molecule has 0 bridgehead atoms. The first-order valence-corrected chi connectivity index (χ1v) is 12.8. The van der Waals surface area contributed by atoms with Crippen LogP contribution in [0, 0.1) is 21.8 Å². The third kappa shape index (κ3) is 7.54. The highest BCUT2D eigenvalue weighted by atomic mass is 32.2. The van der Waals surface area contributed by atoms with Crippen molar-refractivity contribution >= 4 is 33.0 Å². The van der Waals surface area contributed by atoms with Gasteiger partial charge >= 0.3 is 10.5 Å². The first-order chi connectivity index (χ1) is 18.1. The molecule has 0 saturated carbocycles. The number of ether oxygens (including phenoxy) is 1. The van der Waals surface area contributed by atoms with Gasteiger partial charge in [-0.1, -0.05) is 18.2 Å². The van der Waals surface area contributed by atoms with E-state index in [0.717, 1.165) is 16.5 Å². The topological polar surface area (TPSA) is 167 Å². The van der Waals surface area contributed by atoms with Crippen molar-refractivity contribution in [1.82, 2.24) is 14.8 Å². The van der Waals surface area contributed by atoms with Crippen molar-refractivity contribution in [1.29, 1.82) is 4.78 Å². The number of aromatic nitrogens is 1. The molecule has 1 amide bonds. The number of carbonyl (C=O) groups excluding carboxylic acids is 1. The first kappa shape index (κ1) is 28.6. The minimum absolute atomic E-state index is 0.0281. The number of rotatable bonds is 8. The molecular formula is C25H29N5O7S. The Bertz CT molecular complexity index is 1410. The molecule has 2 heterocycles. The number of nitro benzene ring substituents is 1. The van der Waals surface area contributed by atoms with Gasteiger partial charge in [-0.25, -0.2) is 0 Å². The molecule has 12 nitrogen and oxygen atoms in total. The van der Waals surface area contributed by atoms with Crippen molar-refractivity contribution in [2.75, 3.05) is 33.3 Å². The molecule has 3 aromatic rings. The molecule has 2 aromatic carbocycles. The van der Waals surface area contributed by atoms with Gasteiger partial charge < -0.3 is 14.7 Å². The number of carbonyl (C=O) groups is 1. The lowest BCUT2D eigenvalue weighted by Gasteiger charge is -2.32. The van der Waals surface area contributed by atoms with Crippen LogP contribution in [0.1, 0.15) is 23.6 Å². The van der Waals surface area contributed by atoms with E-state index in [1.807, 2.05) is 31.2 Å². The zero-order valence-electron chi connectivity index (χ0n) is 21.0. The quantitative estimate of drug-likeness (QED) is 0.321. The molecule has 1 aliphatic heterocycles. The molecule has 4 rings (SSSR count). The number of aliphatic hydroxyl groups is 1. The van der Waals surface area contributed by atoms with Crippen LogP contribution in [0.2, 0.25) is 0 Å². The van der Waals surface area contributed by atoms with Crippen molar-refractivity contribution in [3.63, 3.8) is 0 Å². The van der Waals surface area contributed by atoms with E-state index in [1.165, 1.54) is 12.1 Å². The lowest BCUT2D eigenvalue weighted by molar-refractivity contribution is -0.385. The van der Waals surface area contributed by atoms with Gasteiger partial charge in [0, 0.05) is 50.4 Å². The monoisotopic (exact) mass is 543 g/mol. The molecular weight excluding hydrogens is 514 g/mol. The van der Waals surface area contributed by atoms with E-state index in [9.17, 15) is 20.0 Å². The summed E-state index contributed by atoms with van der Waals surface area (Å²) in [6.45, 7) is 3.45. The molecule has 38 heavy (non-hydrogen) atoms. The maximum absolute atomic E-state index is 13.2. The molecule has 1 unspecified atom stereocenters. The van der Waals surface area contributed by atoms with Gasteiger partial charge in [0.1, 0.15) is 5.75 Å². The zero-order chi connectivity index (χ0) is 27.8. The number of benzene rings is 2. The number of aryl methyl sites for hydroxylation is 1. The van der Waals surface area contributed by atoms with Crippen molar-refractivity contribution < 1.29 is 28.0 Å². The van der Waals surface area contributed by atoms with Gasteiger partial charge in [0.25, 0.3) is 11.6 Å². The number of nitrogens with zero attached hydrogens (tertiary/aromatic N) is 4. The number of likely N-dealkylation sites (tertiary alicyclic amines) is 1. The number of nitro groups is 1. The predicted octanol–water partition coefficient (Wildman–Crippen LogP) is 2.72. The number of non-ortho nitro benzene ring substituents is 1. The van der Waals surface area contributed by atoms with Crippen molar-refractivity contribution in [3.8, 4) is 5.75 Å². The molecule has 13 heteroatoms. The second kappa shape index (κ2) is 13.0. The van der Waals surface area contributed by atoms with E-state index in [1.54, 1.807) is 30.3 Å². The van der Waals surface area contributed by atoms with Crippen LogP contribution in [0.15, 0.2) is 54.7 Å². The van der Waals surface area contributed by atoms with E-state index < -0.39 is 27.6 Å². The molecule has 0 aliphatic carbocycles. The maximum atomic E-state index is 13.2. The van der Waals surface area contributed by atoms with Crippen molar-refractivity contribution in [2.45, 2.75) is 25.5 Å². The Morgan fingerprint density at radius 2 is 2.05 bits per heavy atom. The molecule has 2 atom stereocenters. The number of hydrogen-bond acceptors (Lipinski definition) is 10. The van der Waals surface area contributed by atoms with Crippen LogP contribution in [-0.2, 0) is 15.3 Å². The zero-order valence-corrected chi connectivity index (χ0v) is 21.8. The fourth-order valence-electron chi connectivity index (χ4n) is 4.35. The third-order valence-electron chi connectivity index (χ3n) is 6.29. The van der Waals surface area contributed by atoms with Gasteiger partial charge in [0.2, 0.25) is 0 Å². The van der Waals surface area contributed by atoms with E-state index >= 15 is 0 Å². The highest BCUT2D eigenvalue weighted by Crippen LogP contribution is 2.28. The Labute approximate surface area is 221 Å². The highest BCUT2D eigenvalue weighted by molar-refractivity contribution is 7.60. The van der Waals surface area contributed by atoms with E-state index in [2.05, 4.69) is 9.88 Å². The van der Waals surface area contributed by atoms with Crippen LogP contribution in [0.25, 0.3) is 10.9 Å². The Morgan fingerprint density at radius 3 is 2.71 bits per heavy atom. The molecule has 1 saturated heterocycles. The number of fused-ring (bicyclic) bond motifs is 1. The lowest BCUT2D eigenvalue weighted by atomic mass is 10.0. The maximum Gasteiger partial charge on any atom is 0.308 e. The van der Waals surface area contributed by atoms with Gasteiger partial charge in [0.05, 0.1) is 22.6 Å². The summed E-state index contributed by atoms with van der Waals surface area (Å²) in [5.74, 6) is 0.318. The number of likely N-dealkylation sites (N-methyl/N-ethyl adjacent to an activating group) is 1. The number of amides is 1. The van der Waals surface area contributed by atoms with E-state index in [4.69, 9.17) is 17.9 Å². The number of pyridine rings is 1. The largest absolute Gasteiger partial charge is 0.483 e. The third-order valence-corrected chi connectivity index (χ3v) is 6.29. The summed E-state index contributed by atoms with van der Waals surface area (Å²) in [4.78, 5) is 32.1. The Morgan fingerprint density at radius 1 is 1.32 bits per heavy atom. The van der Waals surface area contributed by atoms with Crippen molar-refractivity contribution in [2.24, 2.45) is 0 Å². The summed E-state index contributed by atoms with van der Waals surface area (Å²) in [5, 5.41) is 22.1. The van der Waals surface area contributed by atoms with Crippen LogP contribution in [0.3, 0.4) is 0 Å². The van der Waals surface area contributed by atoms with Gasteiger partial charge in [-0.3, -0.25) is 24.8 Å². The normalized spacial score (nSPS) is 15.8. The fourth-order valence-corrected chi connectivity index (χ4v) is 4.35. The van der Waals surface area contributed by atoms with Gasteiger partial charge in [-0.15, -0.1) is 0 Å². The number of hydrogen-bond donors (Lipinski definition) is 2. The number of aliphatic hydroxyl groups excluding tert-OH is 1. The summed E-state index contributed by atoms with van der Waals surface area (Å²) in [5.41, 5.74) is 2.48. The average Bonchev–Trinajstić information content (AvgIpc) is 3.30. The first-order valence-electron chi connectivity index (χ1n) is 11.7. The minimum Gasteiger partial charge on any atom is -0.483 e. The smallest absolute Gasteiger partial charge is 0.308 e. The average molecular weight is 544 g/mol. The number of β-amino-alcohol motifs (C(OH)–C–C–N with tert-alkyl or cyclic N) is 1. The fraction of sp³-hybridized carbons (Fsp3) is 0.360. The van der Waals surface area contributed by atoms with Crippen LogP contribution in [0.4, 0.5) is 5.69 Å². The molecule has 1 aromatic heterocycles. The summed E-state index contributed by atoms with van der Waals surface area (Å²) >= 11 is 0. The standard InChI is InChI=1S/C25H28N4O5.HNO2S/c1-17-8-9-23(21-7-4-11-26-25(17)21)34-16-24(31)27(2)22(15-28-12-10-20(30)14-28)18-5-3-6-19(13-18)29(32)33;1-4(2)3/h3-9,11,13,20,22,30H,10,12,14-16H2,1-2H3;1H/t20-,22?;/m0./s1. The molecule has 0 spiro atoms. The molecule has 202 valence electrons. The van der Waals surface area contributed by atoms with Gasteiger partial charge in [-0.05, 0) is 42.7 Å². The van der Waals surface area contributed by atoms with Gasteiger partial charge in [-0.2, -0.15) is 13.2 Å². The Hall–Kier alpha value is -3.94. The molecule has 1 aliphatic rings. The summed E-state index contributed by atoms with van der Waals surface area (Å²) in [7, 11) is -0.934. The molecule has 1 fully saturated rings. The highest BCUT2D eigenvalue weighted by Gasteiger charge is 2.29. The lowest BCUT2D eigenvalue weighted by Crippen LogP contribution is -2.41. The van der Waals surface area contributed by atoms with E-state index in [-0.39, 0.29) is 18.2 Å². The van der Waals surface area contributed by atoms with Crippen LogP contribution in [0.5, 0.6) is 5.75 Å². The second-order valence-corrected chi connectivity index (χ2v) is 9.35. The molecule has 2 N–H and O–H groups in total. The summed E-state index contributed by atoms with van der Waals surface area (Å²) in [6.07, 6.45) is 1.98. The van der Waals surface area contributed by atoms with Crippen LogP contribution >= 0.6 is 0 Å². The Kier molecular flexibility index (Phi) is 9.82. The SMILES string of the molecule is Cc1ccc(OCC(=O)N(C)C(CN2CC[C@H](O)C2)c2cccc([N+](=O)[O-])c2)c2cccnc12.N=S(=O)=O. The van der Waals surface area contributed by atoms with Crippen LogP contribution < -0.4 is 4.74 Å². The predicted molar refractivity (Wildman–Crippen MR) is 139 cm³/mol. The Balaban J connectivity index is 0.000000934. The summed E-state index contributed by atoms with van der Waals surface area (Å²) < 4.78 is 28.7.